The molecule has 0 aliphatic heterocycles. The number of rotatable bonds is 6. The molecule has 6 heteroatoms. The Kier molecular flexibility index (Phi) is 4.60. The molecule has 0 fully saturated rings. The molecule has 0 bridgehead atoms. The molecule has 1 heterocycles. The summed E-state index contributed by atoms with van der Waals surface area (Å²) in [5.41, 5.74) is 0.677. The summed E-state index contributed by atoms with van der Waals surface area (Å²) in [6.45, 7) is 2.81. The zero-order valence-electron chi connectivity index (χ0n) is 11.2. The van der Waals surface area contributed by atoms with Crippen LogP contribution in [0.1, 0.15) is 19.8 Å². The summed E-state index contributed by atoms with van der Waals surface area (Å²) in [4.78, 5) is 18.0. The summed E-state index contributed by atoms with van der Waals surface area (Å²) in [6, 6.07) is 7.36. The molecule has 0 aliphatic rings. The quantitative estimate of drug-likeness (QED) is 0.458. The Balaban J connectivity index is 2.07. The smallest absolute Gasteiger partial charge is 0.305 e. The zero-order valence-corrected chi connectivity index (χ0v) is 11.2. The molecule has 0 aliphatic carbocycles. The first-order valence-corrected chi connectivity index (χ1v) is 6.40. The summed E-state index contributed by atoms with van der Waals surface area (Å²) in [6.07, 6.45) is 4.52. The maximum Gasteiger partial charge on any atom is 0.305 e. The fourth-order valence-electron chi connectivity index (χ4n) is 1.60. The van der Waals surface area contributed by atoms with Gasteiger partial charge in [-0.2, -0.15) is 0 Å². The predicted octanol–water partition coefficient (Wildman–Crippen LogP) is 3.23. The molecule has 20 heavy (non-hydrogen) atoms. The lowest BCUT2D eigenvalue weighted by Crippen LogP contribution is -1.96. The van der Waals surface area contributed by atoms with Gasteiger partial charge in [0.05, 0.1) is 11.5 Å². The topological polar surface area (TPSA) is 78.2 Å². The number of ether oxygens (including phenoxy) is 1. The molecule has 0 atom stereocenters. The van der Waals surface area contributed by atoms with Gasteiger partial charge in [-0.05, 0) is 30.7 Å². The first-order valence-electron chi connectivity index (χ1n) is 6.40. The number of unbranched alkanes of at least 4 members (excludes halogenated alkanes) is 1. The number of hydrogen-bond donors (Lipinski definition) is 0. The van der Waals surface area contributed by atoms with E-state index in [4.69, 9.17) is 4.74 Å². The van der Waals surface area contributed by atoms with Crippen molar-refractivity contribution in [3.63, 3.8) is 0 Å². The van der Waals surface area contributed by atoms with Gasteiger partial charge >= 0.3 is 5.69 Å². The van der Waals surface area contributed by atoms with E-state index in [1.54, 1.807) is 0 Å². The number of nitrogens with zero attached hydrogens (tertiary/aromatic N) is 3. The van der Waals surface area contributed by atoms with Gasteiger partial charge in [0.25, 0.3) is 0 Å². The minimum absolute atomic E-state index is 0.117. The fourth-order valence-corrected chi connectivity index (χ4v) is 1.60. The highest BCUT2D eigenvalue weighted by atomic mass is 16.6. The largest absolute Gasteiger partial charge is 0.494 e. The Morgan fingerprint density at radius 1 is 1.20 bits per heavy atom. The van der Waals surface area contributed by atoms with Gasteiger partial charge in [0, 0.05) is 5.56 Å². The number of aromatic nitrogens is 2. The maximum atomic E-state index is 10.5. The highest BCUT2D eigenvalue weighted by molar-refractivity contribution is 5.56. The SMILES string of the molecule is CCCCOc1ccc(-c2ncc([N+](=O)[O-])cn2)cc1. The second kappa shape index (κ2) is 6.60. The van der Waals surface area contributed by atoms with Crippen molar-refractivity contribution in [1.29, 1.82) is 0 Å². The molecule has 2 aromatic rings. The standard InChI is InChI=1S/C14H15N3O3/c1-2-3-8-20-13-6-4-11(5-7-13)14-15-9-12(10-16-14)17(18)19/h4-7,9-10H,2-3,8H2,1H3. The van der Waals surface area contributed by atoms with Crippen LogP contribution in [0.25, 0.3) is 11.4 Å². The van der Waals surface area contributed by atoms with Crippen LogP contribution in [0, 0.1) is 10.1 Å². The third kappa shape index (κ3) is 3.50. The van der Waals surface area contributed by atoms with Gasteiger partial charge in [0.1, 0.15) is 18.1 Å². The fraction of sp³-hybridized carbons (Fsp3) is 0.286. The third-order valence-corrected chi connectivity index (χ3v) is 2.73. The first kappa shape index (κ1) is 13.9. The van der Waals surface area contributed by atoms with E-state index in [0.29, 0.717) is 12.4 Å². The number of nitro groups is 1. The van der Waals surface area contributed by atoms with Crippen molar-refractivity contribution in [2.24, 2.45) is 0 Å². The molecule has 104 valence electrons. The van der Waals surface area contributed by atoms with Gasteiger partial charge in [0.2, 0.25) is 0 Å². The lowest BCUT2D eigenvalue weighted by molar-refractivity contribution is -0.385. The van der Waals surface area contributed by atoms with E-state index < -0.39 is 4.92 Å². The second-order valence-corrected chi connectivity index (χ2v) is 4.25. The minimum Gasteiger partial charge on any atom is -0.494 e. The van der Waals surface area contributed by atoms with Crippen molar-refractivity contribution >= 4 is 5.69 Å². The van der Waals surface area contributed by atoms with Crippen molar-refractivity contribution < 1.29 is 9.66 Å². The van der Waals surface area contributed by atoms with Crippen LogP contribution >= 0.6 is 0 Å². The molecular formula is C14H15N3O3. The summed E-state index contributed by atoms with van der Waals surface area (Å²) in [7, 11) is 0. The van der Waals surface area contributed by atoms with Crippen molar-refractivity contribution in [2.75, 3.05) is 6.61 Å². The third-order valence-electron chi connectivity index (χ3n) is 2.73. The molecule has 0 spiro atoms. The summed E-state index contributed by atoms with van der Waals surface area (Å²) >= 11 is 0. The van der Waals surface area contributed by atoms with Gasteiger partial charge in [-0.15, -0.1) is 0 Å². The second-order valence-electron chi connectivity index (χ2n) is 4.25. The molecule has 6 nitrogen and oxygen atoms in total. The number of benzene rings is 1. The molecular weight excluding hydrogens is 258 g/mol. The zero-order chi connectivity index (χ0) is 14.4. The van der Waals surface area contributed by atoms with E-state index in [2.05, 4.69) is 16.9 Å². The van der Waals surface area contributed by atoms with E-state index in [0.717, 1.165) is 24.2 Å². The Morgan fingerprint density at radius 3 is 2.40 bits per heavy atom. The molecule has 0 N–H and O–H groups in total. The van der Waals surface area contributed by atoms with E-state index in [1.807, 2.05) is 24.3 Å². The van der Waals surface area contributed by atoms with Crippen LogP contribution in [0.15, 0.2) is 36.7 Å². The molecule has 0 amide bonds. The van der Waals surface area contributed by atoms with Gasteiger partial charge in [-0.3, -0.25) is 10.1 Å². The first-order chi connectivity index (χ1) is 9.70. The van der Waals surface area contributed by atoms with Crippen LogP contribution in [0.4, 0.5) is 5.69 Å². The molecule has 1 aromatic heterocycles. The molecule has 0 unspecified atom stereocenters. The van der Waals surface area contributed by atoms with Gasteiger partial charge in [-0.1, -0.05) is 13.3 Å². The molecule has 0 saturated carbocycles. The van der Waals surface area contributed by atoms with E-state index in [9.17, 15) is 10.1 Å². The Morgan fingerprint density at radius 2 is 1.85 bits per heavy atom. The molecule has 1 aromatic carbocycles. The van der Waals surface area contributed by atoms with Crippen LogP contribution in [-0.2, 0) is 0 Å². The van der Waals surface area contributed by atoms with Gasteiger partial charge < -0.3 is 4.74 Å². The normalized spacial score (nSPS) is 10.2. The van der Waals surface area contributed by atoms with Crippen LogP contribution in [0.5, 0.6) is 5.75 Å². The van der Waals surface area contributed by atoms with Crippen LogP contribution in [0.3, 0.4) is 0 Å². The van der Waals surface area contributed by atoms with Crippen LogP contribution in [-0.4, -0.2) is 21.5 Å². The Bertz CT molecular complexity index is 567. The maximum absolute atomic E-state index is 10.5. The van der Waals surface area contributed by atoms with Gasteiger partial charge in [-0.25, -0.2) is 9.97 Å². The van der Waals surface area contributed by atoms with Crippen LogP contribution in [0.2, 0.25) is 0 Å². The van der Waals surface area contributed by atoms with Crippen molar-refractivity contribution in [3.8, 4) is 17.1 Å². The Hall–Kier alpha value is -2.50. The van der Waals surface area contributed by atoms with E-state index in [1.165, 1.54) is 12.4 Å². The van der Waals surface area contributed by atoms with E-state index in [-0.39, 0.29) is 5.69 Å². The van der Waals surface area contributed by atoms with Crippen LogP contribution < -0.4 is 4.74 Å². The van der Waals surface area contributed by atoms with Crippen molar-refractivity contribution in [3.05, 3.63) is 46.8 Å². The highest BCUT2D eigenvalue weighted by Gasteiger charge is 2.08. The summed E-state index contributed by atoms with van der Waals surface area (Å²) < 4.78 is 5.56. The lowest BCUT2D eigenvalue weighted by atomic mass is 10.2. The van der Waals surface area contributed by atoms with Gasteiger partial charge in [0.15, 0.2) is 5.82 Å². The van der Waals surface area contributed by atoms with Crippen molar-refractivity contribution in [1.82, 2.24) is 9.97 Å². The average molecular weight is 273 g/mol. The van der Waals surface area contributed by atoms with E-state index >= 15 is 0 Å². The molecule has 0 saturated heterocycles. The lowest BCUT2D eigenvalue weighted by Gasteiger charge is -2.05. The highest BCUT2D eigenvalue weighted by Crippen LogP contribution is 2.20. The molecule has 2 rings (SSSR count). The Labute approximate surface area is 116 Å². The van der Waals surface area contributed by atoms with Crippen molar-refractivity contribution in [2.45, 2.75) is 19.8 Å². The summed E-state index contributed by atoms with van der Waals surface area (Å²) in [5, 5.41) is 10.5. The molecule has 0 radical (unpaired) electrons. The average Bonchev–Trinajstić information content (AvgIpc) is 2.48. The predicted molar refractivity (Wildman–Crippen MR) is 74.5 cm³/mol. The monoisotopic (exact) mass is 273 g/mol. The summed E-state index contributed by atoms with van der Waals surface area (Å²) in [5.74, 6) is 1.25. The number of hydrogen-bond acceptors (Lipinski definition) is 5. The minimum atomic E-state index is -0.519.